The van der Waals surface area contributed by atoms with E-state index >= 15 is 0 Å². The predicted molar refractivity (Wildman–Crippen MR) is 130 cm³/mol. The Morgan fingerprint density at radius 2 is 1.92 bits per heavy atom. The maximum Gasteiger partial charge on any atom is 0.279 e. The molecule has 0 aromatic heterocycles. The van der Waals surface area contributed by atoms with Gasteiger partial charge in [0.05, 0.1) is 18.8 Å². The molecule has 196 valence electrons. The van der Waals surface area contributed by atoms with Crippen LogP contribution in [-0.4, -0.2) is 63.7 Å². The first-order chi connectivity index (χ1) is 17.6. The number of carbonyl (C=O) groups excluding carboxylic acids is 3. The van der Waals surface area contributed by atoms with Crippen molar-refractivity contribution >= 4 is 17.7 Å². The summed E-state index contributed by atoms with van der Waals surface area (Å²) in [7, 11) is 0. The van der Waals surface area contributed by atoms with E-state index in [1.54, 1.807) is 24.3 Å². The predicted octanol–water partition coefficient (Wildman–Crippen LogP) is 2.09. The average Bonchev–Trinajstić information content (AvgIpc) is 3.18. The SMILES string of the molecule is CC1CN(Cc2ccc(COc3cccc4c3CN(C3(O)CCC(=O)NC3=O)C4=O)c(F)c2)CC(C)O1. The summed E-state index contributed by atoms with van der Waals surface area (Å²) >= 11 is 0. The number of piperidine rings is 1. The normalized spacial score (nSPS) is 26.3. The molecular formula is C27H30FN3O6. The van der Waals surface area contributed by atoms with Crippen LogP contribution in [0.4, 0.5) is 4.39 Å². The van der Waals surface area contributed by atoms with Crippen molar-refractivity contribution in [2.45, 2.75) is 64.3 Å². The fraction of sp³-hybridized carbons (Fsp3) is 0.444. The first kappa shape index (κ1) is 25.3. The Morgan fingerprint density at radius 1 is 1.16 bits per heavy atom. The summed E-state index contributed by atoms with van der Waals surface area (Å²) in [6, 6.07) is 9.98. The summed E-state index contributed by atoms with van der Waals surface area (Å²) in [6.07, 6.45) is -0.00220. The molecule has 2 aromatic rings. The Kier molecular flexibility index (Phi) is 6.74. The second-order valence-electron chi connectivity index (χ2n) is 10.0. The van der Waals surface area contributed by atoms with Crippen LogP contribution in [0.3, 0.4) is 0 Å². The molecule has 3 unspecified atom stereocenters. The second kappa shape index (κ2) is 9.85. The number of imide groups is 1. The lowest BCUT2D eigenvalue weighted by Crippen LogP contribution is -2.63. The van der Waals surface area contributed by atoms with E-state index in [4.69, 9.17) is 9.47 Å². The number of benzene rings is 2. The number of fused-ring (bicyclic) bond motifs is 1. The number of halogens is 1. The molecule has 3 atom stereocenters. The molecule has 2 fully saturated rings. The summed E-state index contributed by atoms with van der Waals surface area (Å²) in [5.41, 5.74) is -0.102. The largest absolute Gasteiger partial charge is 0.488 e. The molecule has 9 nitrogen and oxygen atoms in total. The number of rotatable bonds is 6. The number of nitrogens with zero attached hydrogens (tertiary/aromatic N) is 2. The molecule has 3 aliphatic heterocycles. The van der Waals surface area contributed by atoms with Crippen LogP contribution in [0.5, 0.6) is 5.75 Å². The highest BCUT2D eigenvalue weighted by atomic mass is 19.1. The topological polar surface area (TPSA) is 108 Å². The highest BCUT2D eigenvalue weighted by Crippen LogP contribution is 2.37. The number of morpholine rings is 1. The molecule has 2 aromatic carbocycles. The number of ether oxygens (including phenoxy) is 2. The summed E-state index contributed by atoms with van der Waals surface area (Å²) in [5.74, 6) is -1.96. The highest BCUT2D eigenvalue weighted by Gasteiger charge is 2.51. The zero-order valence-electron chi connectivity index (χ0n) is 20.8. The average molecular weight is 512 g/mol. The van der Waals surface area contributed by atoms with Gasteiger partial charge in [-0.1, -0.05) is 18.2 Å². The summed E-state index contributed by atoms with van der Waals surface area (Å²) < 4.78 is 26.6. The molecule has 2 N–H and O–H groups in total. The van der Waals surface area contributed by atoms with E-state index in [-0.39, 0.29) is 44.0 Å². The van der Waals surface area contributed by atoms with E-state index in [2.05, 4.69) is 10.2 Å². The van der Waals surface area contributed by atoms with Gasteiger partial charge in [0.2, 0.25) is 11.6 Å². The molecule has 3 amide bonds. The second-order valence-corrected chi connectivity index (χ2v) is 10.0. The van der Waals surface area contributed by atoms with Gasteiger partial charge >= 0.3 is 0 Å². The van der Waals surface area contributed by atoms with Crippen molar-refractivity contribution in [1.82, 2.24) is 15.1 Å². The third-order valence-electron chi connectivity index (χ3n) is 7.09. The smallest absolute Gasteiger partial charge is 0.279 e. The van der Waals surface area contributed by atoms with Gasteiger partial charge in [-0.25, -0.2) is 4.39 Å². The van der Waals surface area contributed by atoms with Crippen LogP contribution in [-0.2, 0) is 34.0 Å². The third kappa shape index (κ3) is 4.96. The van der Waals surface area contributed by atoms with Crippen LogP contribution < -0.4 is 10.1 Å². The van der Waals surface area contributed by atoms with Crippen molar-refractivity contribution in [1.29, 1.82) is 0 Å². The van der Waals surface area contributed by atoms with Gasteiger partial charge in [0.15, 0.2) is 0 Å². The number of carbonyl (C=O) groups is 3. The molecule has 2 saturated heterocycles. The van der Waals surface area contributed by atoms with Crippen LogP contribution >= 0.6 is 0 Å². The Hall–Kier alpha value is -3.34. The lowest BCUT2D eigenvalue weighted by atomic mass is 10.00. The summed E-state index contributed by atoms with van der Waals surface area (Å²) in [6.45, 7) is 6.14. The number of nitrogens with one attached hydrogen (secondary N) is 1. The molecule has 0 aliphatic carbocycles. The van der Waals surface area contributed by atoms with Crippen molar-refractivity contribution < 1.29 is 33.4 Å². The molecule has 10 heteroatoms. The quantitative estimate of drug-likeness (QED) is 0.572. The minimum Gasteiger partial charge on any atom is -0.488 e. The molecule has 3 aliphatic rings. The summed E-state index contributed by atoms with van der Waals surface area (Å²) in [4.78, 5) is 40.2. The fourth-order valence-corrected chi connectivity index (χ4v) is 5.32. The van der Waals surface area contributed by atoms with Crippen molar-refractivity contribution in [2.24, 2.45) is 0 Å². The number of aliphatic hydroxyl groups is 1. The Labute approximate surface area is 214 Å². The molecule has 0 saturated carbocycles. The zero-order chi connectivity index (χ0) is 26.3. The monoisotopic (exact) mass is 511 g/mol. The van der Waals surface area contributed by atoms with Gasteiger partial charge in [-0.2, -0.15) is 0 Å². The van der Waals surface area contributed by atoms with Crippen LogP contribution in [0.25, 0.3) is 0 Å². The molecule has 0 spiro atoms. The van der Waals surface area contributed by atoms with E-state index in [1.807, 2.05) is 19.9 Å². The Bertz CT molecular complexity index is 1240. The molecule has 0 radical (unpaired) electrons. The molecule has 37 heavy (non-hydrogen) atoms. The van der Waals surface area contributed by atoms with Crippen LogP contribution in [0.15, 0.2) is 36.4 Å². The van der Waals surface area contributed by atoms with Crippen molar-refractivity contribution in [3.05, 3.63) is 64.5 Å². The molecule has 0 bridgehead atoms. The maximum atomic E-state index is 14.9. The van der Waals surface area contributed by atoms with Gasteiger partial charge in [-0.15, -0.1) is 0 Å². The minimum atomic E-state index is -2.13. The van der Waals surface area contributed by atoms with Crippen LogP contribution in [0.1, 0.15) is 53.7 Å². The number of amides is 3. The fourth-order valence-electron chi connectivity index (χ4n) is 5.32. The number of hydrogen-bond donors (Lipinski definition) is 2. The van der Waals surface area contributed by atoms with Gasteiger partial charge in [0, 0.05) is 49.2 Å². The minimum absolute atomic E-state index is 0.0539. The lowest BCUT2D eigenvalue weighted by molar-refractivity contribution is -0.168. The standard InChI is InChI=1S/C27H30FN3O6/c1-16-11-30(12-17(2)37-16)13-18-6-7-19(22(28)10-18)15-36-23-5-3-4-20-21(23)14-31(25(20)33)27(35)9-8-24(32)29-26(27)34/h3-7,10,16-17,35H,8-9,11-15H2,1-2H3,(H,29,32,34). The third-order valence-corrected chi connectivity index (χ3v) is 7.09. The van der Waals surface area contributed by atoms with E-state index in [0.717, 1.165) is 23.6 Å². The van der Waals surface area contributed by atoms with Crippen molar-refractivity contribution in [3.8, 4) is 5.75 Å². The van der Waals surface area contributed by atoms with Crippen LogP contribution in [0, 0.1) is 5.82 Å². The molecular weight excluding hydrogens is 481 g/mol. The van der Waals surface area contributed by atoms with Gasteiger partial charge in [-0.3, -0.25) is 29.5 Å². The van der Waals surface area contributed by atoms with Gasteiger partial charge in [0.1, 0.15) is 18.2 Å². The van der Waals surface area contributed by atoms with Gasteiger partial charge in [-0.05, 0) is 37.6 Å². The van der Waals surface area contributed by atoms with E-state index in [9.17, 15) is 23.9 Å². The molecule has 5 rings (SSSR count). The van der Waals surface area contributed by atoms with E-state index in [0.29, 0.717) is 29.0 Å². The van der Waals surface area contributed by atoms with Gasteiger partial charge < -0.3 is 14.6 Å². The Morgan fingerprint density at radius 3 is 2.62 bits per heavy atom. The first-order valence-electron chi connectivity index (χ1n) is 12.4. The number of hydrogen-bond acceptors (Lipinski definition) is 7. The lowest BCUT2D eigenvalue weighted by Gasteiger charge is -2.37. The zero-order valence-corrected chi connectivity index (χ0v) is 20.8. The van der Waals surface area contributed by atoms with E-state index in [1.165, 1.54) is 6.07 Å². The Balaban J connectivity index is 1.27. The maximum absolute atomic E-state index is 14.9. The van der Waals surface area contributed by atoms with Crippen molar-refractivity contribution in [3.63, 3.8) is 0 Å². The van der Waals surface area contributed by atoms with Crippen LogP contribution in [0.2, 0.25) is 0 Å². The first-order valence-corrected chi connectivity index (χ1v) is 12.4. The van der Waals surface area contributed by atoms with Gasteiger partial charge in [0.25, 0.3) is 11.8 Å². The van der Waals surface area contributed by atoms with Crippen molar-refractivity contribution in [2.75, 3.05) is 13.1 Å². The summed E-state index contributed by atoms with van der Waals surface area (Å²) in [5, 5.41) is 13.0. The molecule has 3 heterocycles. The van der Waals surface area contributed by atoms with E-state index < -0.39 is 23.4 Å². The highest BCUT2D eigenvalue weighted by molar-refractivity contribution is 6.06.